The quantitative estimate of drug-likeness (QED) is 0.947. The molecule has 0 saturated carbocycles. The molecule has 112 valence electrons. The van der Waals surface area contributed by atoms with Gasteiger partial charge in [0.05, 0.1) is 5.69 Å². The van der Waals surface area contributed by atoms with Crippen molar-refractivity contribution in [3.63, 3.8) is 0 Å². The first-order valence-electron chi connectivity index (χ1n) is 6.71. The Morgan fingerprint density at radius 1 is 1.18 bits per heavy atom. The van der Waals surface area contributed by atoms with Gasteiger partial charge in [0.1, 0.15) is 12.3 Å². The van der Waals surface area contributed by atoms with Gasteiger partial charge in [-0.05, 0) is 36.4 Å². The first-order valence-corrected chi connectivity index (χ1v) is 7.09. The number of amides is 2. The fourth-order valence-corrected chi connectivity index (χ4v) is 2.33. The van der Waals surface area contributed by atoms with Gasteiger partial charge >= 0.3 is 0 Å². The van der Waals surface area contributed by atoms with Crippen molar-refractivity contribution in [1.82, 2.24) is 0 Å². The van der Waals surface area contributed by atoms with E-state index in [1.54, 1.807) is 42.5 Å². The van der Waals surface area contributed by atoms with Crippen molar-refractivity contribution in [3.8, 4) is 5.75 Å². The second kappa shape index (κ2) is 6.07. The number of anilines is 2. The molecule has 0 unspecified atom stereocenters. The topological polar surface area (TPSA) is 58.6 Å². The molecular formula is C16H13ClN2O3. The summed E-state index contributed by atoms with van der Waals surface area (Å²) in [5, 5.41) is 3.33. The van der Waals surface area contributed by atoms with E-state index in [4.69, 9.17) is 16.3 Å². The first kappa shape index (κ1) is 14.4. The summed E-state index contributed by atoms with van der Waals surface area (Å²) in [5.41, 5.74) is 1.23. The van der Waals surface area contributed by atoms with Crippen LogP contribution in [0, 0.1) is 0 Å². The molecule has 22 heavy (non-hydrogen) atoms. The Labute approximate surface area is 132 Å². The summed E-state index contributed by atoms with van der Waals surface area (Å²) in [6, 6.07) is 13.9. The fraction of sp³-hybridized carbons (Fsp3) is 0.125. The van der Waals surface area contributed by atoms with Gasteiger partial charge in [-0.25, -0.2) is 0 Å². The molecule has 0 fully saturated rings. The highest BCUT2D eigenvalue weighted by Crippen LogP contribution is 2.31. The van der Waals surface area contributed by atoms with Gasteiger partial charge in [-0.1, -0.05) is 23.7 Å². The van der Waals surface area contributed by atoms with Gasteiger partial charge in [-0.15, -0.1) is 0 Å². The monoisotopic (exact) mass is 316 g/mol. The van der Waals surface area contributed by atoms with Crippen LogP contribution in [0.25, 0.3) is 0 Å². The molecule has 0 saturated heterocycles. The Balaban J connectivity index is 1.73. The van der Waals surface area contributed by atoms with Gasteiger partial charge in [0.15, 0.2) is 6.61 Å². The Hall–Kier alpha value is -2.53. The standard InChI is InChI=1S/C16H13ClN2O3/c17-11-5-7-12(8-6-11)18-15(20)9-19-13-3-1-2-4-14(13)22-10-16(19)21/h1-8H,9-10H2,(H,18,20). The van der Waals surface area contributed by atoms with Crippen molar-refractivity contribution in [2.45, 2.75) is 0 Å². The molecule has 1 aliphatic rings. The molecule has 0 aromatic heterocycles. The zero-order valence-electron chi connectivity index (χ0n) is 11.6. The molecule has 0 spiro atoms. The first-order chi connectivity index (χ1) is 10.6. The molecule has 2 aromatic rings. The highest BCUT2D eigenvalue weighted by atomic mass is 35.5. The number of benzene rings is 2. The summed E-state index contributed by atoms with van der Waals surface area (Å²) in [6.07, 6.45) is 0. The molecule has 1 N–H and O–H groups in total. The van der Waals surface area contributed by atoms with E-state index in [-0.39, 0.29) is 25.0 Å². The summed E-state index contributed by atoms with van der Waals surface area (Å²) >= 11 is 5.80. The molecule has 0 radical (unpaired) electrons. The Kier molecular flexibility index (Phi) is 3.98. The summed E-state index contributed by atoms with van der Waals surface area (Å²) in [7, 11) is 0. The third-order valence-corrected chi connectivity index (χ3v) is 3.49. The Bertz CT molecular complexity index is 716. The molecular weight excluding hydrogens is 304 g/mol. The van der Waals surface area contributed by atoms with Crippen LogP contribution in [0.3, 0.4) is 0 Å². The van der Waals surface area contributed by atoms with E-state index in [1.807, 2.05) is 6.07 Å². The second-order valence-corrected chi connectivity index (χ2v) is 5.23. The molecule has 2 aromatic carbocycles. The van der Waals surface area contributed by atoms with E-state index >= 15 is 0 Å². The largest absolute Gasteiger partial charge is 0.482 e. The van der Waals surface area contributed by atoms with Crippen LogP contribution in [0.4, 0.5) is 11.4 Å². The van der Waals surface area contributed by atoms with Gasteiger partial charge in [0, 0.05) is 10.7 Å². The zero-order chi connectivity index (χ0) is 15.5. The third-order valence-electron chi connectivity index (χ3n) is 3.24. The number of para-hydroxylation sites is 2. The number of fused-ring (bicyclic) bond motifs is 1. The minimum absolute atomic E-state index is 0.0642. The summed E-state index contributed by atoms with van der Waals surface area (Å²) in [6.45, 7) is -0.132. The fourth-order valence-electron chi connectivity index (χ4n) is 2.20. The molecule has 5 nitrogen and oxygen atoms in total. The smallest absolute Gasteiger partial charge is 0.265 e. The number of nitrogens with zero attached hydrogens (tertiary/aromatic N) is 1. The highest BCUT2D eigenvalue weighted by molar-refractivity contribution is 6.30. The van der Waals surface area contributed by atoms with Gasteiger partial charge in [-0.2, -0.15) is 0 Å². The average Bonchev–Trinajstić information content (AvgIpc) is 2.52. The van der Waals surface area contributed by atoms with Crippen molar-refractivity contribution in [2.24, 2.45) is 0 Å². The summed E-state index contributed by atoms with van der Waals surface area (Å²) in [4.78, 5) is 25.6. The van der Waals surface area contributed by atoms with Gasteiger partial charge in [0.2, 0.25) is 5.91 Å². The predicted molar refractivity (Wildman–Crippen MR) is 84.4 cm³/mol. The summed E-state index contributed by atoms with van der Waals surface area (Å²) in [5.74, 6) is 0.0683. The lowest BCUT2D eigenvalue weighted by Gasteiger charge is -2.28. The lowest BCUT2D eigenvalue weighted by Crippen LogP contribution is -2.43. The molecule has 0 aliphatic carbocycles. The molecule has 1 aliphatic heterocycles. The SMILES string of the molecule is O=C(CN1C(=O)COc2ccccc21)Nc1ccc(Cl)cc1. The van der Waals surface area contributed by atoms with Gasteiger partial charge in [0.25, 0.3) is 5.91 Å². The zero-order valence-corrected chi connectivity index (χ0v) is 12.3. The lowest BCUT2D eigenvalue weighted by atomic mass is 10.2. The molecule has 0 bridgehead atoms. The maximum atomic E-state index is 12.1. The average molecular weight is 317 g/mol. The van der Waals surface area contributed by atoms with Crippen LogP contribution in [-0.4, -0.2) is 25.0 Å². The van der Waals surface area contributed by atoms with E-state index in [1.165, 1.54) is 4.90 Å². The van der Waals surface area contributed by atoms with Crippen molar-refractivity contribution < 1.29 is 14.3 Å². The number of halogens is 1. The number of ether oxygens (including phenoxy) is 1. The van der Waals surface area contributed by atoms with Crippen molar-refractivity contribution in [1.29, 1.82) is 0 Å². The molecule has 3 rings (SSSR count). The maximum absolute atomic E-state index is 12.1. The number of hydrogen-bond donors (Lipinski definition) is 1. The summed E-state index contributed by atoms with van der Waals surface area (Å²) < 4.78 is 5.34. The molecule has 0 atom stereocenters. The van der Waals surface area contributed by atoms with Crippen LogP contribution in [0.5, 0.6) is 5.75 Å². The number of nitrogens with one attached hydrogen (secondary N) is 1. The Morgan fingerprint density at radius 2 is 1.91 bits per heavy atom. The molecule has 6 heteroatoms. The van der Waals surface area contributed by atoms with E-state index in [9.17, 15) is 9.59 Å². The number of hydrogen-bond acceptors (Lipinski definition) is 3. The second-order valence-electron chi connectivity index (χ2n) is 4.79. The maximum Gasteiger partial charge on any atom is 0.265 e. The van der Waals surface area contributed by atoms with Gasteiger partial charge in [-0.3, -0.25) is 14.5 Å². The van der Waals surface area contributed by atoms with E-state index in [2.05, 4.69) is 5.32 Å². The minimum Gasteiger partial charge on any atom is -0.482 e. The number of rotatable bonds is 3. The van der Waals surface area contributed by atoms with Crippen molar-refractivity contribution >= 4 is 34.8 Å². The lowest BCUT2D eigenvalue weighted by molar-refractivity contribution is -0.123. The number of carbonyl (C=O) groups is 2. The minimum atomic E-state index is -0.285. The van der Waals surface area contributed by atoms with Crippen LogP contribution in [-0.2, 0) is 9.59 Å². The number of carbonyl (C=O) groups excluding carboxylic acids is 2. The van der Waals surface area contributed by atoms with Crippen LogP contribution in [0.2, 0.25) is 5.02 Å². The molecule has 1 heterocycles. The van der Waals surface area contributed by atoms with E-state index in [0.29, 0.717) is 22.1 Å². The van der Waals surface area contributed by atoms with E-state index in [0.717, 1.165) is 0 Å². The van der Waals surface area contributed by atoms with Crippen LogP contribution >= 0.6 is 11.6 Å². The van der Waals surface area contributed by atoms with E-state index < -0.39 is 0 Å². The predicted octanol–water partition coefficient (Wildman–Crippen LogP) is 2.70. The Morgan fingerprint density at radius 3 is 2.68 bits per heavy atom. The van der Waals surface area contributed by atoms with Crippen molar-refractivity contribution in [3.05, 3.63) is 53.6 Å². The highest BCUT2D eigenvalue weighted by Gasteiger charge is 2.26. The molecule has 2 amide bonds. The third kappa shape index (κ3) is 3.04. The van der Waals surface area contributed by atoms with Crippen molar-refractivity contribution in [2.75, 3.05) is 23.4 Å². The van der Waals surface area contributed by atoms with Crippen LogP contribution in [0.15, 0.2) is 48.5 Å². The normalized spacial score (nSPS) is 13.3. The van der Waals surface area contributed by atoms with Crippen LogP contribution in [0.1, 0.15) is 0 Å². The van der Waals surface area contributed by atoms with Crippen LogP contribution < -0.4 is 15.0 Å². The van der Waals surface area contributed by atoms with Gasteiger partial charge < -0.3 is 10.1 Å².